The van der Waals surface area contributed by atoms with E-state index >= 15 is 0 Å². The summed E-state index contributed by atoms with van der Waals surface area (Å²) in [5, 5.41) is 9.12. The van der Waals surface area contributed by atoms with Gasteiger partial charge in [0.05, 0.1) is 0 Å². The first-order valence-electron chi connectivity index (χ1n) is 7.22. The Kier molecular flexibility index (Phi) is 4.36. The van der Waals surface area contributed by atoms with Gasteiger partial charge in [-0.25, -0.2) is 4.79 Å². The Hall–Kier alpha value is -0.810. The first kappa shape index (κ1) is 14.6. The molecule has 0 aromatic carbocycles. The predicted octanol–water partition coefficient (Wildman–Crippen LogP) is 1.31. The van der Waals surface area contributed by atoms with Crippen LogP contribution in [0.4, 0.5) is 4.79 Å². The van der Waals surface area contributed by atoms with E-state index in [4.69, 9.17) is 9.84 Å². The number of piperidine rings is 1. The van der Waals surface area contributed by atoms with Crippen LogP contribution in [0.15, 0.2) is 0 Å². The summed E-state index contributed by atoms with van der Waals surface area (Å²) in [5.41, 5.74) is -0.415. The van der Waals surface area contributed by atoms with Gasteiger partial charge in [-0.2, -0.15) is 0 Å². The number of nitrogens with zero attached hydrogens (tertiary/aromatic N) is 2. The van der Waals surface area contributed by atoms with Crippen LogP contribution in [0.5, 0.6) is 0 Å². The van der Waals surface area contributed by atoms with Gasteiger partial charge < -0.3 is 14.7 Å². The molecule has 2 aliphatic heterocycles. The maximum Gasteiger partial charge on any atom is 0.410 e. The Balaban J connectivity index is 1.70. The Morgan fingerprint density at radius 3 is 2.32 bits per heavy atom. The molecule has 2 heterocycles. The van der Waals surface area contributed by atoms with Crippen LogP contribution in [0.2, 0.25) is 0 Å². The molecule has 0 saturated carbocycles. The number of aliphatic hydroxyl groups is 1. The molecular weight excluding hydrogens is 244 g/mol. The molecule has 0 bridgehead atoms. The van der Waals surface area contributed by atoms with E-state index in [-0.39, 0.29) is 6.09 Å². The number of amides is 1. The Labute approximate surface area is 115 Å². The summed E-state index contributed by atoms with van der Waals surface area (Å²) in [4.78, 5) is 16.0. The van der Waals surface area contributed by atoms with Crippen molar-refractivity contribution in [2.24, 2.45) is 5.92 Å². The topological polar surface area (TPSA) is 53.0 Å². The van der Waals surface area contributed by atoms with Crippen molar-refractivity contribution < 1.29 is 14.6 Å². The van der Waals surface area contributed by atoms with Crippen molar-refractivity contribution in [3.05, 3.63) is 0 Å². The maximum atomic E-state index is 11.8. The lowest BCUT2D eigenvalue weighted by atomic mass is 9.95. The summed E-state index contributed by atoms with van der Waals surface area (Å²) < 4.78 is 5.35. The quantitative estimate of drug-likeness (QED) is 0.822. The fraction of sp³-hybridized carbons (Fsp3) is 0.929. The number of rotatable bonds is 2. The van der Waals surface area contributed by atoms with Gasteiger partial charge in [0.1, 0.15) is 5.60 Å². The van der Waals surface area contributed by atoms with Gasteiger partial charge >= 0.3 is 6.09 Å². The lowest BCUT2D eigenvalue weighted by Crippen LogP contribution is -2.62. The third-order valence-corrected chi connectivity index (χ3v) is 3.94. The molecule has 110 valence electrons. The second kappa shape index (κ2) is 5.67. The van der Waals surface area contributed by atoms with E-state index in [2.05, 4.69) is 4.90 Å². The zero-order chi connectivity index (χ0) is 14.0. The number of ether oxygens (including phenoxy) is 1. The molecule has 1 amide bonds. The molecule has 0 unspecified atom stereocenters. The van der Waals surface area contributed by atoms with Crippen LogP contribution in [-0.4, -0.2) is 65.4 Å². The number of carbonyl (C=O) groups excluding carboxylic acids is 1. The van der Waals surface area contributed by atoms with Crippen molar-refractivity contribution in [2.75, 3.05) is 32.8 Å². The largest absolute Gasteiger partial charge is 0.444 e. The number of hydrogen-bond acceptors (Lipinski definition) is 4. The highest BCUT2D eigenvalue weighted by atomic mass is 16.6. The summed E-state index contributed by atoms with van der Waals surface area (Å²) in [6.45, 7) is 9.61. The van der Waals surface area contributed by atoms with E-state index in [1.807, 2.05) is 20.8 Å². The van der Waals surface area contributed by atoms with Crippen LogP contribution in [0.3, 0.4) is 0 Å². The zero-order valence-electron chi connectivity index (χ0n) is 12.3. The smallest absolute Gasteiger partial charge is 0.410 e. The highest BCUT2D eigenvalue weighted by molar-refractivity contribution is 5.69. The van der Waals surface area contributed by atoms with Gasteiger partial charge in [0, 0.05) is 25.7 Å². The molecule has 1 N–H and O–H groups in total. The van der Waals surface area contributed by atoms with Crippen molar-refractivity contribution in [1.29, 1.82) is 0 Å². The molecule has 2 saturated heterocycles. The standard InChI is InChI=1S/C14H26N2O3/c1-14(2,3)19-13(18)16-8-12(9-16)15-6-4-11(10-17)5-7-15/h11-12,17H,4-10H2,1-3H3. The second-order valence-corrected chi connectivity index (χ2v) is 6.70. The van der Waals surface area contributed by atoms with E-state index < -0.39 is 5.60 Å². The van der Waals surface area contributed by atoms with Gasteiger partial charge in [-0.05, 0) is 52.6 Å². The molecule has 0 aromatic heterocycles. The monoisotopic (exact) mass is 270 g/mol. The van der Waals surface area contributed by atoms with Crippen molar-refractivity contribution in [2.45, 2.75) is 45.3 Å². The van der Waals surface area contributed by atoms with E-state index in [1.54, 1.807) is 4.90 Å². The van der Waals surface area contributed by atoms with E-state index in [0.717, 1.165) is 39.0 Å². The molecular formula is C14H26N2O3. The summed E-state index contributed by atoms with van der Waals surface area (Å²) in [7, 11) is 0. The molecule has 0 aliphatic carbocycles. The van der Waals surface area contributed by atoms with Crippen molar-refractivity contribution in [3.8, 4) is 0 Å². The maximum absolute atomic E-state index is 11.8. The minimum absolute atomic E-state index is 0.200. The van der Waals surface area contributed by atoms with Crippen LogP contribution in [-0.2, 0) is 4.74 Å². The molecule has 0 atom stereocenters. The van der Waals surface area contributed by atoms with Gasteiger partial charge in [0.2, 0.25) is 0 Å². The van der Waals surface area contributed by atoms with Crippen LogP contribution in [0.25, 0.3) is 0 Å². The highest BCUT2D eigenvalue weighted by Gasteiger charge is 2.37. The van der Waals surface area contributed by atoms with Crippen molar-refractivity contribution in [3.63, 3.8) is 0 Å². The van der Waals surface area contributed by atoms with Crippen molar-refractivity contribution in [1.82, 2.24) is 9.80 Å². The predicted molar refractivity (Wildman–Crippen MR) is 73.0 cm³/mol. The van der Waals surface area contributed by atoms with Crippen molar-refractivity contribution >= 4 is 6.09 Å². The Morgan fingerprint density at radius 2 is 1.84 bits per heavy atom. The number of aliphatic hydroxyl groups excluding tert-OH is 1. The molecule has 5 nitrogen and oxygen atoms in total. The normalized spacial score (nSPS) is 23.3. The molecule has 2 rings (SSSR count). The highest BCUT2D eigenvalue weighted by Crippen LogP contribution is 2.24. The number of hydrogen-bond donors (Lipinski definition) is 1. The van der Waals surface area contributed by atoms with Gasteiger partial charge in [-0.15, -0.1) is 0 Å². The molecule has 5 heteroatoms. The minimum atomic E-state index is -0.415. The van der Waals surface area contributed by atoms with Gasteiger partial charge in [-0.3, -0.25) is 4.90 Å². The molecule has 2 aliphatic rings. The summed E-state index contributed by atoms with van der Waals surface area (Å²) in [5.74, 6) is 0.471. The Morgan fingerprint density at radius 1 is 1.26 bits per heavy atom. The minimum Gasteiger partial charge on any atom is -0.444 e. The lowest BCUT2D eigenvalue weighted by Gasteiger charge is -2.47. The average Bonchev–Trinajstić information content (AvgIpc) is 2.25. The molecule has 0 spiro atoms. The first-order valence-corrected chi connectivity index (χ1v) is 7.22. The zero-order valence-corrected chi connectivity index (χ0v) is 12.3. The number of carbonyl (C=O) groups is 1. The lowest BCUT2D eigenvalue weighted by molar-refractivity contribution is -0.0233. The summed E-state index contributed by atoms with van der Waals surface area (Å²) >= 11 is 0. The van der Waals surface area contributed by atoms with E-state index in [9.17, 15) is 4.79 Å². The van der Waals surface area contributed by atoms with Crippen LogP contribution >= 0.6 is 0 Å². The van der Waals surface area contributed by atoms with E-state index in [0.29, 0.717) is 18.6 Å². The second-order valence-electron chi connectivity index (χ2n) is 6.70. The van der Waals surface area contributed by atoms with Crippen LogP contribution in [0, 0.1) is 5.92 Å². The number of likely N-dealkylation sites (tertiary alicyclic amines) is 2. The third-order valence-electron chi connectivity index (χ3n) is 3.94. The molecule has 2 fully saturated rings. The Bertz CT molecular complexity index is 313. The fourth-order valence-corrected chi connectivity index (χ4v) is 2.66. The van der Waals surface area contributed by atoms with Gasteiger partial charge in [0.25, 0.3) is 0 Å². The van der Waals surface area contributed by atoms with Gasteiger partial charge in [0.15, 0.2) is 0 Å². The van der Waals surface area contributed by atoms with Crippen LogP contribution in [0.1, 0.15) is 33.6 Å². The fourth-order valence-electron chi connectivity index (χ4n) is 2.66. The summed E-state index contributed by atoms with van der Waals surface area (Å²) in [6.07, 6.45) is 1.94. The average molecular weight is 270 g/mol. The van der Waals surface area contributed by atoms with Gasteiger partial charge in [-0.1, -0.05) is 0 Å². The summed E-state index contributed by atoms with van der Waals surface area (Å²) in [6, 6.07) is 0.479. The molecule has 0 radical (unpaired) electrons. The first-order chi connectivity index (χ1) is 8.89. The third kappa shape index (κ3) is 3.83. The molecule has 19 heavy (non-hydrogen) atoms. The molecule has 0 aromatic rings. The van der Waals surface area contributed by atoms with Crippen LogP contribution < -0.4 is 0 Å². The SMILES string of the molecule is CC(C)(C)OC(=O)N1CC(N2CCC(CO)CC2)C1. The van der Waals surface area contributed by atoms with E-state index in [1.165, 1.54) is 0 Å².